The third kappa shape index (κ3) is 4.64. The lowest BCUT2D eigenvalue weighted by Gasteiger charge is -2.32. The van der Waals surface area contributed by atoms with Gasteiger partial charge in [0.25, 0.3) is 5.91 Å². The smallest absolute Gasteiger partial charge is 0.253 e. The first-order valence-electron chi connectivity index (χ1n) is 9.03. The van der Waals surface area contributed by atoms with Gasteiger partial charge in [-0.25, -0.2) is 4.39 Å². The largest absolute Gasteiger partial charge is 0.496 e. The number of piperidine rings is 1. The molecule has 0 aliphatic carbocycles. The first-order chi connectivity index (χ1) is 13.1. The Balaban J connectivity index is 1.59. The highest BCUT2D eigenvalue weighted by Gasteiger charge is 2.28. The van der Waals surface area contributed by atoms with E-state index in [4.69, 9.17) is 4.74 Å². The molecule has 1 heterocycles. The summed E-state index contributed by atoms with van der Waals surface area (Å²) in [6.07, 6.45) is 1.50. The number of halogens is 1. The van der Waals surface area contributed by atoms with Gasteiger partial charge >= 0.3 is 0 Å². The van der Waals surface area contributed by atoms with E-state index in [0.717, 1.165) is 24.2 Å². The highest BCUT2D eigenvalue weighted by Crippen LogP contribution is 2.21. The van der Waals surface area contributed by atoms with Crippen LogP contribution in [0, 0.1) is 11.7 Å². The van der Waals surface area contributed by atoms with Crippen molar-refractivity contribution in [3.63, 3.8) is 0 Å². The molecule has 6 heteroatoms. The molecular weight excluding hydrogens is 347 g/mol. The molecule has 3 rings (SSSR count). The molecular formula is C21H23FN2O3. The molecule has 1 aliphatic rings. The number of carbonyl (C=O) groups excluding carboxylic acids is 2. The molecule has 2 aromatic carbocycles. The van der Waals surface area contributed by atoms with Gasteiger partial charge in [-0.05, 0) is 43.2 Å². The maximum absolute atomic E-state index is 13.1. The fourth-order valence-electron chi connectivity index (χ4n) is 3.33. The molecule has 1 fully saturated rings. The molecule has 0 aromatic heterocycles. The molecule has 27 heavy (non-hydrogen) atoms. The summed E-state index contributed by atoms with van der Waals surface area (Å²) in [5, 5.41) is 2.94. The number of ether oxygens (including phenoxy) is 1. The maximum Gasteiger partial charge on any atom is 0.253 e. The molecule has 1 atom stereocenters. The van der Waals surface area contributed by atoms with E-state index in [-0.39, 0.29) is 23.5 Å². The Morgan fingerprint density at radius 3 is 2.67 bits per heavy atom. The van der Waals surface area contributed by atoms with E-state index in [9.17, 15) is 14.0 Å². The minimum Gasteiger partial charge on any atom is -0.496 e. The number of amides is 2. The van der Waals surface area contributed by atoms with E-state index in [2.05, 4.69) is 5.32 Å². The van der Waals surface area contributed by atoms with E-state index in [1.54, 1.807) is 12.0 Å². The van der Waals surface area contributed by atoms with Gasteiger partial charge in [0.05, 0.1) is 13.0 Å². The van der Waals surface area contributed by atoms with Crippen LogP contribution < -0.4 is 10.1 Å². The number of hydrogen-bond acceptors (Lipinski definition) is 3. The highest BCUT2D eigenvalue weighted by atomic mass is 19.1. The molecule has 2 amide bonds. The lowest BCUT2D eigenvalue weighted by Crippen LogP contribution is -2.45. The van der Waals surface area contributed by atoms with Crippen molar-refractivity contribution in [2.24, 2.45) is 5.92 Å². The van der Waals surface area contributed by atoms with Gasteiger partial charge in [-0.1, -0.05) is 18.2 Å². The summed E-state index contributed by atoms with van der Waals surface area (Å²) < 4.78 is 18.4. The van der Waals surface area contributed by atoms with Crippen molar-refractivity contribution in [2.75, 3.05) is 20.2 Å². The number of nitrogens with zero attached hydrogens (tertiary/aromatic N) is 1. The molecule has 0 unspecified atom stereocenters. The summed E-state index contributed by atoms with van der Waals surface area (Å²) in [5.41, 5.74) is 1.34. The quantitative estimate of drug-likeness (QED) is 0.880. The number of benzene rings is 2. The van der Waals surface area contributed by atoms with Gasteiger partial charge in [0.1, 0.15) is 11.6 Å². The predicted molar refractivity (Wildman–Crippen MR) is 99.9 cm³/mol. The lowest BCUT2D eigenvalue weighted by atomic mass is 9.96. The summed E-state index contributed by atoms with van der Waals surface area (Å²) in [6.45, 7) is 1.35. The maximum atomic E-state index is 13.1. The van der Waals surface area contributed by atoms with Crippen LogP contribution in [0.2, 0.25) is 0 Å². The van der Waals surface area contributed by atoms with Crippen molar-refractivity contribution < 1.29 is 18.7 Å². The first-order valence-corrected chi connectivity index (χ1v) is 9.03. The van der Waals surface area contributed by atoms with Gasteiger partial charge in [0.2, 0.25) is 5.91 Å². The SMILES string of the molecule is COc1ccccc1CNC(=O)[C@@H]1CCCN(C(=O)c2ccc(F)cc2)C1. The van der Waals surface area contributed by atoms with Crippen molar-refractivity contribution in [3.8, 4) is 5.75 Å². The fraction of sp³-hybridized carbons (Fsp3) is 0.333. The number of para-hydroxylation sites is 1. The number of rotatable bonds is 5. The number of likely N-dealkylation sites (tertiary alicyclic amines) is 1. The van der Waals surface area contributed by atoms with Crippen molar-refractivity contribution in [1.29, 1.82) is 0 Å². The molecule has 0 saturated carbocycles. The number of methoxy groups -OCH3 is 1. The summed E-state index contributed by atoms with van der Waals surface area (Å²) in [4.78, 5) is 26.8. The monoisotopic (exact) mass is 370 g/mol. The Hall–Kier alpha value is -2.89. The minimum absolute atomic E-state index is 0.0717. The van der Waals surface area contributed by atoms with Crippen molar-refractivity contribution in [2.45, 2.75) is 19.4 Å². The lowest BCUT2D eigenvalue weighted by molar-refractivity contribution is -0.126. The average Bonchev–Trinajstić information content (AvgIpc) is 2.72. The van der Waals surface area contributed by atoms with Gasteiger partial charge in [-0.3, -0.25) is 9.59 Å². The topological polar surface area (TPSA) is 58.6 Å². The van der Waals surface area contributed by atoms with Crippen LogP contribution in [0.1, 0.15) is 28.8 Å². The summed E-state index contributed by atoms with van der Waals surface area (Å²) in [7, 11) is 1.60. The first kappa shape index (κ1) is 18.9. The van der Waals surface area contributed by atoms with Crippen LogP contribution in [0.3, 0.4) is 0 Å². The fourth-order valence-corrected chi connectivity index (χ4v) is 3.33. The zero-order valence-electron chi connectivity index (χ0n) is 15.3. The van der Waals surface area contributed by atoms with E-state index in [1.165, 1.54) is 24.3 Å². The predicted octanol–water partition coefficient (Wildman–Crippen LogP) is 3.00. The van der Waals surface area contributed by atoms with Gasteiger partial charge in [-0.2, -0.15) is 0 Å². The third-order valence-electron chi connectivity index (χ3n) is 4.82. The van der Waals surface area contributed by atoms with Crippen LogP contribution >= 0.6 is 0 Å². The van der Waals surface area contributed by atoms with E-state index >= 15 is 0 Å². The van der Waals surface area contributed by atoms with Crippen LogP contribution in [0.5, 0.6) is 5.75 Å². The van der Waals surface area contributed by atoms with Gasteiger partial charge in [0, 0.05) is 30.8 Å². The summed E-state index contributed by atoms with van der Waals surface area (Å²) in [6, 6.07) is 13.0. The number of carbonyl (C=O) groups is 2. The standard InChI is InChI=1S/C21H23FN2O3/c1-27-19-7-3-2-5-16(19)13-23-20(25)17-6-4-12-24(14-17)21(26)15-8-10-18(22)11-9-15/h2-3,5,7-11,17H,4,6,12-14H2,1H3,(H,23,25)/t17-/m1/s1. The van der Waals surface area contributed by atoms with E-state index in [0.29, 0.717) is 25.2 Å². The van der Waals surface area contributed by atoms with Gasteiger partial charge in [0.15, 0.2) is 0 Å². The molecule has 2 aromatic rings. The minimum atomic E-state index is -0.376. The molecule has 142 valence electrons. The molecule has 1 N–H and O–H groups in total. The number of hydrogen-bond donors (Lipinski definition) is 1. The Kier molecular flexibility index (Phi) is 6.06. The molecule has 0 spiro atoms. The Morgan fingerprint density at radius 1 is 1.19 bits per heavy atom. The molecule has 5 nitrogen and oxygen atoms in total. The zero-order chi connectivity index (χ0) is 19.2. The normalized spacial score (nSPS) is 16.7. The Morgan fingerprint density at radius 2 is 1.93 bits per heavy atom. The van der Waals surface area contributed by atoms with Crippen LogP contribution in [0.15, 0.2) is 48.5 Å². The van der Waals surface area contributed by atoms with E-state index < -0.39 is 0 Å². The second-order valence-corrected chi connectivity index (χ2v) is 6.63. The molecule has 0 radical (unpaired) electrons. The Labute approximate surface area is 158 Å². The third-order valence-corrected chi connectivity index (χ3v) is 4.82. The van der Waals surface area contributed by atoms with Gasteiger partial charge in [-0.15, -0.1) is 0 Å². The molecule has 1 saturated heterocycles. The summed E-state index contributed by atoms with van der Waals surface area (Å²) in [5.74, 6) is -0.138. The second-order valence-electron chi connectivity index (χ2n) is 6.63. The summed E-state index contributed by atoms with van der Waals surface area (Å²) >= 11 is 0. The van der Waals surface area contributed by atoms with Crippen LogP contribution in [-0.4, -0.2) is 36.9 Å². The van der Waals surface area contributed by atoms with Gasteiger partial charge < -0.3 is 15.0 Å². The van der Waals surface area contributed by atoms with Crippen molar-refractivity contribution >= 4 is 11.8 Å². The number of nitrogens with one attached hydrogen (secondary N) is 1. The molecule has 0 bridgehead atoms. The highest BCUT2D eigenvalue weighted by molar-refractivity contribution is 5.94. The van der Waals surface area contributed by atoms with Crippen molar-refractivity contribution in [1.82, 2.24) is 10.2 Å². The van der Waals surface area contributed by atoms with Crippen LogP contribution in [0.4, 0.5) is 4.39 Å². The van der Waals surface area contributed by atoms with Crippen LogP contribution in [0.25, 0.3) is 0 Å². The van der Waals surface area contributed by atoms with Crippen LogP contribution in [-0.2, 0) is 11.3 Å². The Bertz CT molecular complexity index is 807. The van der Waals surface area contributed by atoms with Crippen molar-refractivity contribution in [3.05, 3.63) is 65.5 Å². The molecule has 1 aliphatic heterocycles. The van der Waals surface area contributed by atoms with E-state index in [1.807, 2.05) is 24.3 Å². The second kappa shape index (κ2) is 8.66. The average molecular weight is 370 g/mol. The zero-order valence-corrected chi connectivity index (χ0v) is 15.3.